The highest BCUT2D eigenvalue weighted by Crippen LogP contribution is 2.20. The fraction of sp³-hybridized carbons (Fsp3) is 0.0625. The lowest BCUT2D eigenvalue weighted by Gasteiger charge is -2.09. The van der Waals surface area contributed by atoms with Gasteiger partial charge in [0.1, 0.15) is 5.40 Å². The number of nitrogen functional groups attached to an aromatic ring is 1. The van der Waals surface area contributed by atoms with E-state index in [4.69, 9.17) is 11.0 Å². The Kier molecular flexibility index (Phi) is 5.23. The number of anilines is 3. The molecule has 0 aliphatic rings. The molecule has 0 saturated heterocycles. The second kappa shape index (κ2) is 7.33. The van der Waals surface area contributed by atoms with Crippen molar-refractivity contribution in [1.82, 2.24) is 0 Å². The molecule has 2 aromatic carbocycles. The molecule has 6 nitrogen and oxygen atoms in total. The molecular formula is C16H14N4O2S. The van der Waals surface area contributed by atoms with Gasteiger partial charge in [0.25, 0.3) is 0 Å². The highest BCUT2D eigenvalue weighted by molar-refractivity contribution is 8.03. The van der Waals surface area contributed by atoms with E-state index in [2.05, 4.69) is 10.6 Å². The summed E-state index contributed by atoms with van der Waals surface area (Å²) in [4.78, 5) is 24.6. The average Bonchev–Trinajstić information content (AvgIpc) is 2.53. The SMILES string of the molecule is Cc1ccc(N)c(NC(=O)C(=O)Nc2ccc(SC#N)cc2)c1. The fourth-order valence-electron chi connectivity index (χ4n) is 1.80. The first kappa shape index (κ1) is 16.4. The predicted octanol–water partition coefficient (Wildman–Crippen LogP) is 2.73. The number of rotatable bonds is 3. The number of carbonyl (C=O) groups is 2. The molecule has 0 fully saturated rings. The maximum absolute atomic E-state index is 11.9. The molecule has 0 unspecified atom stereocenters. The van der Waals surface area contributed by atoms with Gasteiger partial charge in [0.15, 0.2) is 0 Å². The lowest BCUT2D eigenvalue weighted by molar-refractivity contribution is -0.132. The van der Waals surface area contributed by atoms with E-state index in [1.807, 2.05) is 18.4 Å². The van der Waals surface area contributed by atoms with Crippen molar-refractivity contribution in [3.63, 3.8) is 0 Å². The maximum Gasteiger partial charge on any atom is 0.314 e. The molecule has 2 rings (SSSR count). The number of nitrogens with two attached hydrogens (primary N) is 1. The Morgan fingerprint density at radius 3 is 2.39 bits per heavy atom. The predicted molar refractivity (Wildman–Crippen MR) is 90.8 cm³/mol. The van der Waals surface area contributed by atoms with Gasteiger partial charge in [-0.15, -0.1) is 0 Å². The molecule has 4 N–H and O–H groups in total. The zero-order valence-corrected chi connectivity index (χ0v) is 13.1. The third kappa shape index (κ3) is 4.49. The first-order valence-electron chi connectivity index (χ1n) is 6.64. The van der Waals surface area contributed by atoms with Crippen LogP contribution < -0.4 is 16.4 Å². The van der Waals surface area contributed by atoms with Crippen molar-refractivity contribution in [1.29, 1.82) is 5.26 Å². The van der Waals surface area contributed by atoms with E-state index in [9.17, 15) is 9.59 Å². The number of amides is 2. The maximum atomic E-state index is 11.9. The van der Waals surface area contributed by atoms with Crippen LogP contribution in [0.5, 0.6) is 0 Å². The minimum absolute atomic E-state index is 0.384. The number of thiocyanates is 1. The normalized spacial score (nSPS) is 9.74. The molecule has 0 heterocycles. The van der Waals surface area contributed by atoms with E-state index in [0.717, 1.165) is 22.2 Å². The van der Waals surface area contributed by atoms with Crippen LogP contribution in [-0.4, -0.2) is 11.8 Å². The fourth-order valence-corrected chi connectivity index (χ4v) is 2.18. The van der Waals surface area contributed by atoms with E-state index in [1.54, 1.807) is 36.4 Å². The van der Waals surface area contributed by atoms with Crippen molar-refractivity contribution < 1.29 is 9.59 Å². The second-order valence-electron chi connectivity index (χ2n) is 4.72. The van der Waals surface area contributed by atoms with Crippen LogP contribution in [0.2, 0.25) is 0 Å². The van der Waals surface area contributed by atoms with Gasteiger partial charge in [-0.25, -0.2) is 0 Å². The third-order valence-corrected chi connectivity index (χ3v) is 3.54. The number of nitriles is 1. The molecule has 116 valence electrons. The number of nitrogens with one attached hydrogen (secondary N) is 2. The van der Waals surface area contributed by atoms with Gasteiger partial charge in [-0.05, 0) is 60.6 Å². The molecule has 7 heteroatoms. The Bertz CT molecular complexity index is 782. The molecule has 2 aromatic rings. The first-order valence-corrected chi connectivity index (χ1v) is 7.45. The molecule has 0 atom stereocenters. The van der Waals surface area contributed by atoms with Gasteiger partial charge in [0.2, 0.25) is 0 Å². The van der Waals surface area contributed by atoms with E-state index in [1.165, 1.54) is 0 Å². The molecule has 0 aliphatic carbocycles. The molecule has 0 spiro atoms. The molecule has 0 aromatic heterocycles. The number of hydrogen-bond acceptors (Lipinski definition) is 5. The zero-order chi connectivity index (χ0) is 16.8. The van der Waals surface area contributed by atoms with Gasteiger partial charge in [0.05, 0.1) is 11.4 Å². The molecule has 2 amide bonds. The lowest BCUT2D eigenvalue weighted by atomic mass is 10.2. The molecule has 0 saturated carbocycles. The molecule has 23 heavy (non-hydrogen) atoms. The van der Waals surface area contributed by atoms with Crippen LogP contribution in [0.4, 0.5) is 17.1 Å². The average molecular weight is 326 g/mol. The van der Waals surface area contributed by atoms with Crippen LogP contribution in [0.25, 0.3) is 0 Å². The van der Waals surface area contributed by atoms with Crippen LogP contribution in [0.1, 0.15) is 5.56 Å². The molecular weight excluding hydrogens is 312 g/mol. The van der Waals surface area contributed by atoms with Gasteiger partial charge < -0.3 is 16.4 Å². The summed E-state index contributed by atoms with van der Waals surface area (Å²) < 4.78 is 0. The van der Waals surface area contributed by atoms with Crippen LogP contribution >= 0.6 is 11.8 Å². The Hall–Kier alpha value is -2.98. The largest absolute Gasteiger partial charge is 0.397 e. The summed E-state index contributed by atoms with van der Waals surface area (Å²) in [6.07, 6.45) is 0. The standard InChI is InChI=1S/C16H14N4O2S/c1-10-2-7-13(18)14(8-10)20-16(22)15(21)19-11-3-5-12(6-4-11)23-9-17/h2-8H,18H2,1H3,(H,19,21)(H,20,22). The van der Waals surface area contributed by atoms with Gasteiger partial charge in [0, 0.05) is 10.6 Å². The van der Waals surface area contributed by atoms with E-state index in [-0.39, 0.29) is 0 Å². The van der Waals surface area contributed by atoms with Crippen molar-refractivity contribution >= 4 is 40.6 Å². The summed E-state index contributed by atoms with van der Waals surface area (Å²) in [6, 6.07) is 11.8. The minimum atomic E-state index is -0.808. The Labute approximate surface area is 137 Å². The Balaban J connectivity index is 2.01. The number of hydrogen-bond donors (Lipinski definition) is 3. The van der Waals surface area contributed by atoms with Crippen molar-refractivity contribution in [3.05, 3.63) is 48.0 Å². The number of nitrogens with zero attached hydrogens (tertiary/aromatic N) is 1. The summed E-state index contributed by atoms with van der Waals surface area (Å²) in [5.41, 5.74) is 7.92. The molecule has 0 aliphatic heterocycles. The smallest absolute Gasteiger partial charge is 0.314 e. The molecule has 0 bridgehead atoms. The van der Waals surface area contributed by atoms with Crippen molar-refractivity contribution in [2.24, 2.45) is 0 Å². The Morgan fingerprint density at radius 2 is 1.74 bits per heavy atom. The zero-order valence-electron chi connectivity index (χ0n) is 12.3. The van der Waals surface area contributed by atoms with Crippen LogP contribution in [0, 0.1) is 17.6 Å². The first-order chi connectivity index (χ1) is 11.0. The van der Waals surface area contributed by atoms with Crippen molar-refractivity contribution in [3.8, 4) is 5.40 Å². The van der Waals surface area contributed by atoms with Crippen LogP contribution in [-0.2, 0) is 9.59 Å². The van der Waals surface area contributed by atoms with Gasteiger partial charge in [-0.1, -0.05) is 6.07 Å². The second-order valence-corrected chi connectivity index (χ2v) is 5.57. The van der Waals surface area contributed by atoms with Crippen LogP contribution in [0.15, 0.2) is 47.4 Å². The topological polar surface area (TPSA) is 108 Å². The quantitative estimate of drug-likeness (QED) is 0.348. The summed E-state index contributed by atoms with van der Waals surface area (Å²) in [5, 5.41) is 15.5. The number of thioether (sulfide) groups is 1. The summed E-state index contributed by atoms with van der Waals surface area (Å²) >= 11 is 1.01. The van der Waals surface area contributed by atoms with Crippen LogP contribution in [0.3, 0.4) is 0 Å². The highest BCUT2D eigenvalue weighted by Gasteiger charge is 2.15. The van der Waals surface area contributed by atoms with Gasteiger partial charge >= 0.3 is 11.8 Å². The van der Waals surface area contributed by atoms with E-state index >= 15 is 0 Å². The summed E-state index contributed by atoms with van der Waals surface area (Å²) in [6.45, 7) is 1.86. The number of carbonyl (C=O) groups excluding carboxylic acids is 2. The summed E-state index contributed by atoms with van der Waals surface area (Å²) in [7, 11) is 0. The van der Waals surface area contributed by atoms with E-state index < -0.39 is 11.8 Å². The summed E-state index contributed by atoms with van der Waals surface area (Å²) in [5.74, 6) is -1.61. The van der Waals surface area contributed by atoms with Crippen molar-refractivity contribution in [2.75, 3.05) is 16.4 Å². The Morgan fingerprint density at radius 1 is 1.09 bits per heavy atom. The third-order valence-electron chi connectivity index (χ3n) is 2.94. The lowest BCUT2D eigenvalue weighted by Crippen LogP contribution is -2.29. The highest BCUT2D eigenvalue weighted by atomic mass is 32.2. The monoisotopic (exact) mass is 326 g/mol. The minimum Gasteiger partial charge on any atom is -0.397 e. The molecule has 0 radical (unpaired) electrons. The number of aryl methyl sites for hydroxylation is 1. The van der Waals surface area contributed by atoms with E-state index in [0.29, 0.717) is 17.1 Å². The number of benzene rings is 2. The van der Waals surface area contributed by atoms with Crippen molar-refractivity contribution in [2.45, 2.75) is 11.8 Å². The van der Waals surface area contributed by atoms with Gasteiger partial charge in [-0.3, -0.25) is 9.59 Å². The van der Waals surface area contributed by atoms with Gasteiger partial charge in [-0.2, -0.15) is 5.26 Å².